The highest BCUT2D eigenvalue weighted by molar-refractivity contribution is 6.31. The normalized spacial score (nSPS) is 11.7. The second kappa shape index (κ2) is 7.62. The molecule has 0 aliphatic carbocycles. The first kappa shape index (κ1) is 20.2. The quantitative estimate of drug-likeness (QED) is 0.348. The zero-order valence-electron chi connectivity index (χ0n) is 16.8. The smallest absolute Gasteiger partial charge is 0.254 e. The Balaban J connectivity index is 1.79. The van der Waals surface area contributed by atoms with E-state index in [0.29, 0.717) is 10.6 Å². The van der Waals surface area contributed by atoms with E-state index in [1.165, 1.54) is 13.8 Å². The van der Waals surface area contributed by atoms with Crippen LogP contribution in [0.15, 0.2) is 60.8 Å². The number of benzene rings is 2. The van der Waals surface area contributed by atoms with Gasteiger partial charge in [-0.05, 0) is 62.4 Å². The first-order valence-corrected chi connectivity index (χ1v) is 9.85. The largest absolute Gasteiger partial charge is 0.329 e. The van der Waals surface area contributed by atoms with Crippen molar-refractivity contribution in [1.82, 2.24) is 9.38 Å². The van der Waals surface area contributed by atoms with E-state index >= 15 is 0 Å². The summed E-state index contributed by atoms with van der Waals surface area (Å²) in [5.41, 5.74) is 1.93. The molecule has 0 aliphatic heterocycles. The van der Waals surface area contributed by atoms with Gasteiger partial charge in [0.1, 0.15) is 11.5 Å². The lowest BCUT2D eigenvalue weighted by Crippen LogP contribution is -2.19. The van der Waals surface area contributed by atoms with E-state index in [1.807, 2.05) is 77.1 Å². The third-order valence-electron chi connectivity index (χ3n) is 5.03. The fourth-order valence-corrected chi connectivity index (χ4v) is 3.35. The monoisotopic (exact) mass is 423 g/mol. The number of aromatic nitrogens is 2. The van der Waals surface area contributed by atoms with Gasteiger partial charge < -0.3 is 9.30 Å². The summed E-state index contributed by atoms with van der Waals surface area (Å²) in [4.78, 5) is 6.78. The van der Waals surface area contributed by atoms with Gasteiger partial charge >= 0.3 is 0 Å². The summed E-state index contributed by atoms with van der Waals surface area (Å²) in [6.45, 7) is 2.88. The molecule has 2 heterocycles. The van der Waals surface area contributed by atoms with Crippen molar-refractivity contribution in [1.29, 1.82) is 0 Å². The van der Waals surface area contributed by atoms with E-state index < -0.39 is 11.8 Å². The van der Waals surface area contributed by atoms with Gasteiger partial charge in [-0.2, -0.15) is 0 Å². The second-order valence-electron chi connectivity index (χ2n) is 7.72. The Morgan fingerprint density at radius 2 is 1.90 bits per heavy atom. The molecule has 0 spiro atoms. The number of halogens is 3. The van der Waals surface area contributed by atoms with E-state index in [4.69, 9.17) is 16.6 Å². The van der Waals surface area contributed by atoms with Crippen LogP contribution in [0.3, 0.4) is 0 Å². The first-order chi connectivity index (χ1) is 14.3. The number of fused-ring (bicyclic) bond motifs is 3. The molecule has 4 rings (SSSR count). The van der Waals surface area contributed by atoms with E-state index in [2.05, 4.69) is 11.8 Å². The second-order valence-corrected chi connectivity index (χ2v) is 8.15. The van der Waals surface area contributed by atoms with Crippen LogP contribution in [-0.4, -0.2) is 22.9 Å². The van der Waals surface area contributed by atoms with Crippen LogP contribution in [0.2, 0.25) is 5.02 Å². The average Bonchev–Trinajstić information content (AvgIpc) is 3.20. The molecule has 152 valence electrons. The maximum absolute atomic E-state index is 13.1. The van der Waals surface area contributed by atoms with Crippen LogP contribution in [-0.2, 0) is 0 Å². The Hall–Kier alpha value is -3.10. The summed E-state index contributed by atoms with van der Waals surface area (Å²) in [5, 5.41) is 1.59. The molecular weight excluding hydrogens is 404 g/mol. The molecular formula is C24H20ClF2N3. The van der Waals surface area contributed by atoms with Gasteiger partial charge in [0, 0.05) is 34.9 Å². The zero-order valence-corrected chi connectivity index (χ0v) is 17.6. The molecule has 0 unspecified atom stereocenters. The fraction of sp³-hybridized carbons (Fsp3) is 0.208. The predicted octanol–water partition coefficient (Wildman–Crippen LogP) is 6.55. The van der Waals surface area contributed by atoms with Gasteiger partial charge in [-0.15, -0.1) is 0 Å². The number of nitrogens with zero attached hydrogens (tertiary/aromatic N) is 3. The van der Waals surface area contributed by atoms with Gasteiger partial charge in [-0.25, -0.2) is 13.8 Å². The molecule has 4 aromatic rings. The van der Waals surface area contributed by atoms with Crippen molar-refractivity contribution in [2.75, 3.05) is 11.9 Å². The maximum atomic E-state index is 13.1. The minimum atomic E-state index is -2.51. The molecule has 0 fully saturated rings. The molecule has 0 saturated carbocycles. The lowest BCUT2D eigenvalue weighted by atomic mass is 9.95. The Kier molecular flexibility index (Phi) is 5.13. The number of anilines is 2. The summed E-state index contributed by atoms with van der Waals surface area (Å²) in [6.07, 6.45) is -0.557. The van der Waals surface area contributed by atoms with Gasteiger partial charge in [0.25, 0.3) is 6.43 Å². The van der Waals surface area contributed by atoms with Crippen LogP contribution in [0.5, 0.6) is 0 Å². The molecule has 0 amide bonds. The molecule has 2 aromatic carbocycles. The highest BCUT2D eigenvalue weighted by Crippen LogP contribution is 2.32. The minimum Gasteiger partial charge on any atom is -0.329 e. The highest BCUT2D eigenvalue weighted by atomic mass is 35.5. The third kappa shape index (κ3) is 3.71. The van der Waals surface area contributed by atoms with Crippen LogP contribution in [0.25, 0.3) is 16.6 Å². The molecule has 0 aliphatic rings. The number of alkyl halides is 2. The van der Waals surface area contributed by atoms with Crippen molar-refractivity contribution >= 4 is 39.7 Å². The van der Waals surface area contributed by atoms with Crippen LogP contribution < -0.4 is 4.90 Å². The molecule has 6 heteroatoms. The Labute approximate surface area is 178 Å². The highest BCUT2D eigenvalue weighted by Gasteiger charge is 2.26. The van der Waals surface area contributed by atoms with Crippen molar-refractivity contribution in [3.05, 3.63) is 71.4 Å². The Morgan fingerprint density at radius 1 is 1.10 bits per heavy atom. The van der Waals surface area contributed by atoms with E-state index in [1.54, 1.807) is 0 Å². The molecule has 0 saturated heterocycles. The van der Waals surface area contributed by atoms with Gasteiger partial charge in [0.15, 0.2) is 0 Å². The summed E-state index contributed by atoms with van der Waals surface area (Å²) in [7, 11) is 1.92. The van der Waals surface area contributed by atoms with Crippen molar-refractivity contribution in [2.24, 2.45) is 5.41 Å². The van der Waals surface area contributed by atoms with Crippen LogP contribution in [0.4, 0.5) is 20.3 Å². The van der Waals surface area contributed by atoms with E-state index in [-0.39, 0.29) is 0 Å². The van der Waals surface area contributed by atoms with Crippen molar-refractivity contribution in [2.45, 2.75) is 20.3 Å². The zero-order chi connectivity index (χ0) is 21.5. The predicted molar refractivity (Wildman–Crippen MR) is 119 cm³/mol. The summed E-state index contributed by atoms with van der Waals surface area (Å²) in [5.74, 6) is 6.34. The molecule has 0 atom stereocenters. The fourth-order valence-electron chi connectivity index (χ4n) is 3.19. The summed E-state index contributed by atoms with van der Waals surface area (Å²) < 4.78 is 28.2. The van der Waals surface area contributed by atoms with Gasteiger partial charge in [-0.3, -0.25) is 0 Å². The van der Waals surface area contributed by atoms with E-state index in [0.717, 1.165) is 28.1 Å². The SMILES string of the molecule is CN(c1cccc(C#CC(C)(C)C(F)F)c1)c1nc2cccn2c2cc(Cl)ccc12. The van der Waals surface area contributed by atoms with Gasteiger partial charge in [0.2, 0.25) is 0 Å². The molecule has 0 N–H and O–H groups in total. The molecule has 0 radical (unpaired) electrons. The van der Waals surface area contributed by atoms with Crippen LogP contribution in [0.1, 0.15) is 19.4 Å². The van der Waals surface area contributed by atoms with Crippen molar-refractivity contribution in [3.63, 3.8) is 0 Å². The molecule has 30 heavy (non-hydrogen) atoms. The minimum absolute atomic E-state index is 0.649. The topological polar surface area (TPSA) is 20.5 Å². The van der Waals surface area contributed by atoms with Crippen molar-refractivity contribution in [3.8, 4) is 11.8 Å². The Morgan fingerprint density at radius 3 is 2.67 bits per heavy atom. The maximum Gasteiger partial charge on any atom is 0.254 e. The number of hydrogen-bond donors (Lipinski definition) is 0. The van der Waals surface area contributed by atoms with Crippen LogP contribution >= 0.6 is 11.6 Å². The lowest BCUT2D eigenvalue weighted by Gasteiger charge is -2.21. The lowest BCUT2D eigenvalue weighted by molar-refractivity contribution is 0.0570. The molecule has 3 nitrogen and oxygen atoms in total. The summed E-state index contributed by atoms with van der Waals surface area (Å²) in [6, 6.07) is 17.1. The molecule has 0 bridgehead atoms. The summed E-state index contributed by atoms with van der Waals surface area (Å²) >= 11 is 6.23. The van der Waals surface area contributed by atoms with Crippen molar-refractivity contribution < 1.29 is 8.78 Å². The third-order valence-corrected chi connectivity index (χ3v) is 5.27. The van der Waals surface area contributed by atoms with E-state index in [9.17, 15) is 8.78 Å². The number of hydrogen-bond acceptors (Lipinski definition) is 2. The first-order valence-electron chi connectivity index (χ1n) is 9.48. The van der Waals surface area contributed by atoms with Crippen LogP contribution in [0, 0.1) is 17.3 Å². The molecule has 2 aromatic heterocycles. The standard InChI is InChI=1S/C24H20ClF2N3/c1-24(2,23(26)27)12-11-16-6-4-7-18(14-16)29(3)22-19-10-9-17(25)15-20(19)30-13-5-8-21(30)28-22/h4-10,13-15,23H,1-3H3. The number of rotatable bonds is 3. The van der Waals surface area contributed by atoms with Gasteiger partial charge in [-0.1, -0.05) is 29.5 Å². The Bertz CT molecular complexity index is 1300. The average molecular weight is 424 g/mol. The van der Waals surface area contributed by atoms with Gasteiger partial charge in [0.05, 0.1) is 10.9 Å².